The molecule has 0 bridgehead atoms. The zero-order valence-electron chi connectivity index (χ0n) is 21.9. The molecule has 0 aliphatic heterocycles. The molecule has 0 unspecified atom stereocenters. The molecule has 0 atom stereocenters. The van der Waals surface area contributed by atoms with Crippen molar-refractivity contribution in [2.75, 3.05) is 0 Å². The number of hydrogen-bond acceptors (Lipinski definition) is 5. The van der Waals surface area contributed by atoms with E-state index in [9.17, 15) is 32.9 Å². The number of nitro groups is 1. The van der Waals surface area contributed by atoms with Crippen molar-refractivity contribution in [1.82, 2.24) is 18.9 Å². The van der Waals surface area contributed by atoms with E-state index in [2.05, 4.69) is 5.10 Å². The Bertz CT molecular complexity index is 1940. The van der Waals surface area contributed by atoms with Crippen molar-refractivity contribution in [3.05, 3.63) is 162 Å². The number of hydrogen-bond donors (Lipinski definition) is 0. The molecule has 0 fully saturated rings. The number of benzene rings is 3. The molecule has 0 saturated carbocycles. The maximum atomic E-state index is 14.6. The predicted octanol–water partition coefficient (Wildman–Crippen LogP) is 4.85. The molecule has 2 heterocycles. The van der Waals surface area contributed by atoms with Gasteiger partial charge in [0.05, 0.1) is 30.8 Å². The Kier molecular flexibility index (Phi) is 7.96. The van der Waals surface area contributed by atoms with Crippen LogP contribution >= 0.6 is 0 Å². The molecular formula is C30H22F3N5O4. The smallest absolute Gasteiger partial charge is 0.283 e. The van der Waals surface area contributed by atoms with Crippen LogP contribution in [0, 0.1) is 27.6 Å². The van der Waals surface area contributed by atoms with Gasteiger partial charge in [-0.15, -0.1) is 0 Å². The van der Waals surface area contributed by atoms with Gasteiger partial charge in [0.15, 0.2) is 0 Å². The Balaban J connectivity index is 1.62. The van der Waals surface area contributed by atoms with Crippen LogP contribution in [0.1, 0.15) is 27.9 Å². The summed E-state index contributed by atoms with van der Waals surface area (Å²) in [5, 5.41) is 16.4. The quantitative estimate of drug-likeness (QED) is 0.185. The second-order valence-corrected chi connectivity index (χ2v) is 9.33. The number of halogens is 3. The van der Waals surface area contributed by atoms with Crippen molar-refractivity contribution in [2.45, 2.75) is 19.6 Å². The Hall–Kier alpha value is -5.52. The molecule has 5 rings (SSSR count). The van der Waals surface area contributed by atoms with Gasteiger partial charge in [0.2, 0.25) is 0 Å². The topological polar surface area (TPSA) is 105 Å². The van der Waals surface area contributed by atoms with Crippen LogP contribution < -0.4 is 11.2 Å². The molecule has 2 aromatic heterocycles. The Morgan fingerprint density at radius 1 is 0.738 bits per heavy atom. The van der Waals surface area contributed by atoms with Crippen LogP contribution in [0.5, 0.6) is 0 Å². The normalized spacial score (nSPS) is 11.3. The van der Waals surface area contributed by atoms with Gasteiger partial charge in [0.1, 0.15) is 23.1 Å². The lowest BCUT2D eigenvalue weighted by Gasteiger charge is -2.15. The first-order chi connectivity index (χ1) is 20.2. The molecular weight excluding hydrogens is 551 g/mol. The van der Waals surface area contributed by atoms with Crippen LogP contribution in [0.25, 0.3) is 12.2 Å². The fourth-order valence-electron chi connectivity index (χ4n) is 4.46. The second-order valence-electron chi connectivity index (χ2n) is 9.33. The van der Waals surface area contributed by atoms with Gasteiger partial charge in [-0.05, 0) is 30.4 Å². The maximum absolute atomic E-state index is 14.6. The van der Waals surface area contributed by atoms with Crippen molar-refractivity contribution in [2.24, 2.45) is 0 Å². The highest BCUT2D eigenvalue weighted by atomic mass is 19.1. The standard InChI is InChI=1S/C30H22F3N5O4/c31-24-10-4-1-7-21(24)17-35-16-20(15-34-35)13-14-27-28(38(41)42)29(39)37(19-23-9-3-6-12-26(23)33)30(40)36(27)18-22-8-2-5-11-25(22)32/h1-16H,17-19H2/b14-13+. The number of nitrogens with zero attached hydrogens (tertiary/aromatic N) is 5. The highest BCUT2D eigenvalue weighted by Crippen LogP contribution is 2.19. The third kappa shape index (κ3) is 5.82. The molecule has 0 amide bonds. The van der Waals surface area contributed by atoms with E-state index < -0.39 is 52.4 Å². The van der Waals surface area contributed by atoms with Crippen molar-refractivity contribution < 1.29 is 18.1 Å². The summed E-state index contributed by atoms with van der Waals surface area (Å²) in [7, 11) is 0. The van der Waals surface area contributed by atoms with E-state index in [0.717, 1.165) is 10.6 Å². The predicted molar refractivity (Wildman–Crippen MR) is 149 cm³/mol. The zero-order chi connectivity index (χ0) is 29.8. The summed E-state index contributed by atoms with van der Waals surface area (Å²) in [5.41, 5.74) is -2.74. The summed E-state index contributed by atoms with van der Waals surface area (Å²) in [4.78, 5) is 38.2. The van der Waals surface area contributed by atoms with E-state index in [0.29, 0.717) is 15.7 Å². The highest BCUT2D eigenvalue weighted by molar-refractivity contribution is 5.71. The van der Waals surface area contributed by atoms with Gasteiger partial charge < -0.3 is 0 Å². The summed E-state index contributed by atoms with van der Waals surface area (Å²) >= 11 is 0. The Labute approximate surface area is 236 Å². The van der Waals surface area contributed by atoms with E-state index in [4.69, 9.17) is 0 Å². The van der Waals surface area contributed by atoms with Crippen LogP contribution in [0.2, 0.25) is 0 Å². The third-order valence-corrected chi connectivity index (χ3v) is 6.58. The first-order valence-corrected chi connectivity index (χ1v) is 12.7. The van der Waals surface area contributed by atoms with Crippen LogP contribution in [-0.2, 0) is 19.6 Å². The number of aromatic nitrogens is 4. The van der Waals surface area contributed by atoms with Crippen molar-refractivity contribution in [3.8, 4) is 0 Å². The first kappa shape index (κ1) is 28.0. The van der Waals surface area contributed by atoms with E-state index in [1.165, 1.54) is 71.6 Å². The Morgan fingerprint density at radius 3 is 1.76 bits per heavy atom. The van der Waals surface area contributed by atoms with Gasteiger partial charge in [-0.1, -0.05) is 54.6 Å². The molecule has 5 aromatic rings. The summed E-state index contributed by atoms with van der Waals surface area (Å²) < 4.78 is 46.0. The van der Waals surface area contributed by atoms with Gasteiger partial charge in [0.25, 0.3) is 0 Å². The molecule has 12 heteroatoms. The SMILES string of the molecule is O=c1c([N+](=O)[O-])c(/C=C/c2cnn(Cc3ccccc3F)c2)n(Cc2ccccc2F)c(=O)n1Cc1ccccc1F. The minimum absolute atomic E-state index is 0.0333. The monoisotopic (exact) mass is 573 g/mol. The maximum Gasteiger partial charge on any atom is 0.357 e. The largest absolute Gasteiger partial charge is 0.357 e. The van der Waals surface area contributed by atoms with Crippen LogP contribution in [-0.4, -0.2) is 23.8 Å². The molecule has 3 aromatic carbocycles. The molecule has 0 aliphatic rings. The lowest BCUT2D eigenvalue weighted by atomic mass is 10.2. The van der Waals surface area contributed by atoms with Gasteiger partial charge in [-0.3, -0.25) is 24.2 Å². The lowest BCUT2D eigenvalue weighted by molar-refractivity contribution is -0.387. The lowest BCUT2D eigenvalue weighted by Crippen LogP contribution is -2.42. The summed E-state index contributed by atoms with van der Waals surface area (Å²) in [6.07, 6.45) is 5.56. The van der Waals surface area contributed by atoms with Gasteiger partial charge in [0, 0.05) is 28.5 Å². The van der Waals surface area contributed by atoms with E-state index in [-0.39, 0.29) is 23.4 Å². The highest BCUT2D eigenvalue weighted by Gasteiger charge is 2.27. The average Bonchev–Trinajstić information content (AvgIpc) is 3.41. The van der Waals surface area contributed by atoms with E-state index in [1.54, 1.807) is 24.4 Å². The fourth-order valence-corrected chi connectivity index (χ4v) is 4.46. The minimum atomic E-state index is -1.24. The second kappa shape index (κ2) is 11.9. The fraction of sp³-hybridized carbons (Fsp3) is 0.100. The van der Waals surface area contributed by atoms with Crippen LogP contribution in [0.15, 0.2) is 94.8 Å². The molecule has 0 aliphatic carbocycles. The van der Waals surface area contributed by atoms with Gasteiger partial charge >= 0.3 is 16.9 Å². The molecule has 212 valence electrons. The first-order valence-electron chi connectivity index (χ1n) is 12.7. The zero-order valence-corrected chi connectivity index (χ0v) is 21.9. The Morgan fingerprint density at radius 2 is 1.24 bits per heavy atom. The van der Waals surface area contributed by atoms with Gasteiger partial charge in [-0.2, -0.15) is 5.10 Å². The molecule has 0 radical (unpaired) electrons. The summed E-state index contributed by atoms with van der Waals surface area (Å²) in [6, 6.07) is 17.1. The van der Waals surface area contributed by atoms with Crippen molar-refractivity contribution in [3.63, 3.8) is 0 Å². The molecule has 0 N–H and O–H groups in total. The minimum Gasteiger partial charge on any atom is -0.283 e. The van der Waals surface area contributed by atoms with E-state index in [1.807, 2.05) is 0 Å². The van der Waals surface area contributed by atoms with Crippen LogP contribution in [0.3, 0.4) is 0 Å². The molecule has 9 nitrogen and oxygen atoms in total. The molecule has 42 heavy (non-hydrogen) atoms. The third-order valence-electron chi connectivity index (χ3n) is 6.58. The van der Waals surface area contributed by atoms with Crippen LogP contribution in [0.4, 0.5) is 18.9 Å². The molecule has 0 saturated heterocycles. The van der Waals surface area contributed by atoms with Crippen molar-refractivity contribution in [1.29, 1.82) is 0 Å². The van der Waals surface area contributed by atoms with Gasteiger partial charge in [-0.25, -0.2) is 22.5 Å². The van der Waals surface area contributed by atoms with Crippen molar-refractivity contribution >= 4 is 17.8 Å². The average molecular weight is 574 g/mol. The molecule has 0 spiro atoms. The number of rotatable bonds is 9. The summed E-state index contributed by atoms with van der Waals surface area (Å²) in [5.74, 6) is -1.78. The van der Waals surface area contributed by atoms with E-state index >= 15 is 0 Å². The summed E-state index contributed by atoms with van der Waals surface area (Å²) in [6.45, 7) is -0.907.